The molecule has 276 valence electrons. The second-order valence-corrected chi connectivity index (χ2v) is 12.9. The van der Waals surface area contributed by atoms with Crippen molar-refractivity contribution in [3.63, 3.8) is 0 Å². The maximum atomic E-state index is 12.2. The average molecular weight is 797 g/mol. The summed E-state index contributed by atoms with van der Waals surface area (Å²) in [6.45, 7) is -1.16. The van der Waals surface area contributed by atoms with Gasteiger partial charge in [0.15, 0.2) is 0 Å². The van der Waals surface area contributed by atoms with E-state index in [0.29, 0.717) is 11.4 Å². The fourth-order valence-electron chi connectivity index (χ4n) is 3.72. The molecule has 10 N–H and O–H groups in total. The van der Waals surface area contributed by atoms with Crippen LogP contribution in [0.3, 0.4) is 0 Å². The van der Waals surface area contributed by atoms with Gasteiger partial charge in [-0.1, -0.05) is 37.8 Å². The van der Waals surface area contributed by atoms with E-state index in [2.05, 4.69) is 10.6 Å². The van der Waals surface area contributed by atoms with Crippen molar-refractivity contribution < 1.29 is 127 Å². The van der Waals surface area contributed by atoms with Gasteiger partial charge in [-0.25, -0.2) is 31.1 Å². The predicted octanol–water partition coefficient (Wildman–Crippen LogP) is -5.68. The third kappa shape index (κ3) is 16.8. The molecule has 0 unspecified atom stereocenters. The smallest absolute Gasteiger partial charge is 0.870 e. The average Bonchev–Trinajstić information content (AvgIpc) is 3.05. The Morgan fingerprint density at radius 1 is 0.585 bits per heavy atom. The minimum absolute atomic E-state index is 0. The van der Waals surface area contributed by atoms with E-state index in [4.69, 9.17) is 15.3 Å². The molecule has 0 saturated heterocycles. The normalized spacial score (nSPS) is 9.96. The molecule has 0 radical (unpaired) electrons. The number of carbonyl (C=O) groups excluding carboxylic acids is 3. The Hall–Kier alpha value is -3.90. The molecule has 0 heterocycles. The molecule has 0 aliphatic carbocycles. The van der Waals surface area contributed by atoms with Gasteiger partial charge in [0.25, 0.3) is 0 Å². The standard InChI is InChI=1S/2C15H14N2O6S.CH4.2Na.2H2O/c2*18-11-7-5-10(6-8-11)17-14(19)9-16-24(22,23)13-4-2-1-3-12(13)15(20)21;;;;;/h2*1-8,16,18H,9H2,(H,17,19)(H,20,21);1H4;;;2*1H2/q;;;2*+1;;/p-2. The van der Waals surface area contributed by atoms with Gasteiger partial charge in [-0.05, 0) is 66.7 Å². The number of carboxylic acids is 2. The van der Waals surface area contributed by atoms with E-state index >= 15 is 0 Å². The van der Waals surface area contributed by atoms with E-state index < -0.39 is 72.2 Å². The van der Waals surface area contributed by atoms with Crippen LogP contribution in [0.15, 0.2) is 107 Å². The van der Waals surface area contributed by atoms with Gasteiger partial charge in [0, 0.05) is 16.9 Å². The second kappa shape index (κ2) is 24.4. The number of hydrogen-bond acceptors (Lipinski definition) is 12. The summed E-state index contributed by atoms with van der Waals surface area (Å²) < 4.78 is 52.7. The van der Waals surface area contributed by atoms with Crippen molar-refractivity contribution in [2.45, 2.75) is 17.2 Å². The number of carboxylic acid groups (broad SMARTS) is 2. The number of aromatic carboxylic acids is 2. The summed E-state index contributed by atoms with van der Waals surface area (Å²) >= 11 is 0. The maximum Gasteiger partial charge on any atom is 1.00 e. The van der Waals surface area contributed by atoms with E-state index in [1.165, 1.54) is 72.8 Å². The molecule has 0 atom stereocenters. The number of nitrogens with one attached hydrogen (secondary N) is 4. The summed E-state index contributed by atoms with van der Waals surface area (Å²) in [5.74, 6) is -4.27. The van der Waals surface area contributed by atoms with E-state index in [-0.39, 0.29) is 94.6 Å². The quantitative estimate of drug-likeness (QED) is 0.0520. The number of sulfonamides is 2. The van der Waals surface area contributed by atoms with E-state index in [9.17, 15) is 41.1 Å². The molecular weight excluding hydrogens is 762 g/mol. The van der Waals surface area contributed by atoms with Crippen molar-refractivity contribution in [2.75, 3.05) is 23.7 Å². The Bertz CT molecular complexity index is 1890. The predicted molar refractivity (Wildman–Crippen MR) is 180 cm³/mol. The maximum absolute atomic E-state index is 12.2. The van der Waals surface area contributed by atoms with Gasteiger partial charge in [-0.2, -0.15) is 0 Å². The Balaban J connectivity index is -0.000000862. The summed E-state index contributed by atoms with van der Waals surface area (Å²) in [7, 11) is -8.36. The Kier molecular flexibility index (Phi) is 24.6. The first-order chi connectivity index (χ1) is 22.6. The van der Waals surface area contributed by atoms with E-state index in [0.717, 1.165) is 24.3 Å². The zero-order valence-corrected chi connectivity index (χ0v) is 33.1. The van der Waals surface area contributed by atoms with E-state index in [1.54, 1.807) is 0 Å². The van der Waals surface area contributed by atoms with Crippen molar-refractivity contribution in [2.24, 2.45) is 0 Å². The van der Waals surface area contributed by atoms with Crippen LogP contribution in [-0.4, -0.2) is 80.0 Å². The number of hydrogen-bond donors (Lipinski definition) is 7. The zero-order valence-electron chi connectivity index (χ0n) is 27.4. The molecule has 0 aliphatic rings. The molecule has 18 nitrogen and oxygen atoms in total. The Morgan fingerprint density at radius 2 is 0.906 bits per heavy atom. The van der Waals surface area contributed by atoms with Crippen molar-refractivity contribution in [1.29, 1.82) is 0 Å². The van der Waals surface area contributed by atoms with Gasteiger partial charge < -0.3 is 46.8 Å². The number of benzene rings is 4. The van der Waals surface area contributed by atoms with Crippen LogP contribution >= 0.6 is 0 Å². The fraction of sp³-hybridized carbons (Fsp3) is 0.0968. The topological polar surface area (TPSA) is 330 Å². The molecular formula is C31H34N4Na2O14S2. The summed E-state index contributed by atoms with van der Waals surface area (Å²) in [6.07, 6.45) is 0. The van der Waals surface area contributed by atoms with Crippen LogP contribution in [-0.2, 0) is 29.6 Å². The third-order valence-electron chi connectivity index (χ3n) is 5.95. The molecule has 0 fully saturated rings. The number of rotatable bonds is 12. The number of phenols is 2. The van der Waals surface area contributed by atoms with Crippen LogP contribution in [0, 0.1) is 0 Å². The fourth-order valence-corrected chi connectivity index (χ4v) is 6.08. The molecule has 0 aliphatic heterocycles. The number of amides is 2. The monoisotopic (exact) mass is 796 g/mol. The largest absolute Gasteiger partial charge is 1.00 e. The van der Waals surface area contributed by atoms with Crippen LogP contribution < -0.4 is 84.3 Å². The molecule has 4 rings (SSSR count). The summed E-state index contributed by atoms with van der Waals surface area (Å²) in [5.41, 5.74) is -0.136. The number of aromatic hydroxyl groups is 2. The van der Waals surface area contributed by atoms with Gasteiger partial charge in [-0.3, -0.25) is 9.59 Å². The first-order valence-corrected chi connectivity index (χ1v) is 16.4. The summed E-state index contributed by atoms with van der Waals surface area (Å²) in [5, 5.41) is 43.2. The molecule has 22 heteroatoms. The van der Waals surface area contributed by atoms with Gasteiger partial charge >= 0.3 is 65.1 Å². The van der Waals surface area contributed by atoms with Gasteiger partial charge in [0.1, 0.15) is 11.5 Å². The number of phenolic OH excluding ortho intramolecular Hbond substituents is 2. The summed E-state index contributed by atoms with van der Waals surface area (Å²) in [4.78, 5) is 44.7. The third-order valence-corrected chi connectivity index (χ3v) is 8.87. The molecule has 2 amide bonds. The number of carbonyl (C=O) groups is 4. The SMILES string of the molecule is C.O.O=C(CNS(=O)(=O)c1ccccc1C(=O)O)Nc1ccc(O)cc1.O=C(CNS(=O)(=O)c1ccccc1C(=O)[O-])Nc1ccc(O)cc1.[Na+].[Na+].[OH-]. The summed E-state index contributed by atoms with van der Waals surface area (Å²) in [6, 6.07) is 21.2. The molecule has 0 spiro atoms. The molecule has 4 aromatic rings. The van der Waals surface area contributed by atoms with Crippen LogP contribution in [0.4, 0.5) is 11.4 Å². The second-order valence-electron chi connectivity index (χ2n) is 9.42. The van der Waals surface area contributed by atoms with Gasteiger partial charge in [-0.15, -0.1) is 0 Å². The first kappa shape index (κ1) is 53.5. The van der Waals surface area contributed by atoms with Gasteiger partial charge in [0.2, 0.25) is 31.9 Å². The minimum Gasteiger partial charge on any atom is -0.870 e. The van der Waals surface area contributed by atoms with Crippen LogP contribution in [0.1, 0.15) is 28.1 Å². The van der Waals surface area contributed by atoms with Crippen LogP contribution in [0.2, 0.25) is 0 Å². The van der Waals surface area contributed by atoms with E-state index in [1.807, 2.05) is 9.44 Å². The first-order valence-electron chi connectivity index (χ1n) is 13.4. The molecule has 0 aromatic heterocycles. The Labute approximate surface area is 349 Å². The van der Waals surface area contributed by atoms with Crippen molar-refractivity contribution >= 4 is 55.2 Å². The molecule has 0 saturated carbocycles. The van der Waals surface area contributed by atoms with Crippen molar-refractivity contribution in [3.8, 4) is 11.5 Å². The molecule has 53 heavy (non-hydrogen) atoms. The minimum atomic E-state index is -4.20. The zero-order chi connectivity index (χ0) is 35.5. The van der Waals surface area contributed by atoms with Crippen LogP contribution in [0.25, 0.3) is 0 Å². The Morgan fingerprint density at radius 3 is 1.25 bits per heavy atom. The van der Waals surface area contributed by atoms with Gasteiger partial charge in [0.05, 0.1) is 34.4 Å². The van der Waals surface area contributed by atoms with Crippen molar-refractivity contribution in [3.05, 3.63) is 108 Å². The molecule has 0 bridgehead atoms. The number of anilines is 2. The van der Waals surface area contributed by atoms with Crippen LogP contribution in [0.5, 0.6) is 11.5 Å². The van der Waals surface area contributed by atoms with Crippen molar-refractivity contribution in [1.82, 2.24) is 9.44 Å². The molecule has 4 aromatic carbocycles.